The molecular formula is C45H43N6O3P. The number of nitriles is 1. The molecule has 7 rings (SSSR count). The van der Waals surface area contributed by atoms with Crippen LogP contribution in [-0.2, 0) is 46.2 Å². The second-order valence-electron chi connectivity index (χ2n) is 13.4. The fourth-order valence-electron chi connectivity index (χ4n) is 6.76. The molecule has 276 valence electrons. The largest absolute Gasteiger partial charge is 0.348 e. The summed E-state index contributed by atoms with van der Waals surface area (Å²) in [5, 5.41) is 28.2. The van der Waals surface area contributed by atoms with Crippen LogP contribution in [0.1, 0.15) is 47.0 Å². The number of hydrogen-bond acceptors (Lipinski definition) is 8. The van der Waals surface area contributed by atoms with E-state index in [0.717, 1.165) is 44.2 Å². The maximum absolute atomic E-state index is 15.6. The Bertz CT molecular complexity index is 2300. The van der Waals surface area contributed by atoms with Crippen molar-refractivity contribution in [3.63, 3.8) is 0 Å². The van der Waals surface area contributed by atoms with Gasteiger partial charge in [0.05, 0.1) is 38.3 Å². The fraction of sp³-hybridized carbons (Fsp3) is 0.200. The van der Waals surface area contributed by atoms with Gasteiger partial charge in [0.15, 0.2) is 5.82 Å². The van der Waals surface area contributed by atoms with Crippen molar-refractivity contribution >= 4 is 18.4 Å². The second kappa shape index (κ2) is 18.5. The number of nitrogens with zero attached hydrogens (tertiary/aromatic N) is 5. The molecule has 0 radical (unpaired) electrons. The van der Waals surface area contributed by atoms with Gasteiger partial charge in [-0.25, -0.2) is 4.68 Å². The molecule has 0 aliphatic rings. The molecule has 0 fully saturated rings. The molecule has 0 aliphatic heterocycles. The molecule has 1 unspecified atom stereocenters. The first-order valence-electron chi connectivity index (χ1n) is 18.5. The summed E-state index contributed by atoms with van der Waals surface area (Å²) in [4.78, 5) is 0. The van der Waals surface area contributed by atoms with E-state index in [1.54, 1.807) is 4.68 Å². The molecule has 0 bridgehead atoms. The van der Waals surface area contributed by atoms with Crippen LogP contribution in [0.25, 0.3) is 21.9 Å². The molecule has 10 heteroatoms. The first kappa shape index (κ1) is 37.6. The number of hydrogen-bond donors (Lipinski definition) is 1. The summed E-state index contributed by atoms with van der Waals surface area (Å²) in [5.74, 6) is -0.233. The van der Waals surface area contributed by atoms with Gasteiger partial charge in [0.1, 0.15) is 5.78 Å². The molecule has 6 aromatic carbocycles. The predicted molar refractivity (Wildman–Crippen MR) is 216 cm³/mol. The number of fused-ring (bicyclic) bond motifs is 1. The Morgan fingerprint density at radius 1 is 0.691 bits per heavy atom. The minimum absolute atomic E-state index is 0.102. The van der Waals surface area contributed by atoms with E-state index in [2.05, 4.69) is 93.6 Å². The number of aromatic nitrogens is 4. The van der Waals surface area contributed by atoms with E-state index >= 15 is 4.57 Å². The summed E-state index contributed by atoms with van der Waals surface area (Å²) in [5.41, 5.74) is 6.17. The third-order valence-electron chi connectivity index (χ3n) is 9.66. The van der Waals surface area contributed by atoms with E-state index in [9.17, 15) is 5.26 Å². The Hall–Kier alpha value is -5.75. The highest BCUT2D eigenvalue weighted by Gasteiger charge is 2.39. The van der Waals surface area contributed by atoms with Gasteiger partial charge in [-0.15, -0.1) is 5.10 Å². The average Bonchev–Trinajstić information content (AvgIpc) is 3.72. The zero-order valence-electron chi connectivity index (χ0n) is 30.5. The molecule has 0 aliphatic carbocycles. The molecule has 1 N–H and O–H groups in total. The van der Waals surface area contributed by atoms with Crippen LogP contribution in [0.2, 0.25) is 0 Å². The Morgan fingerprint density at radius 3 is 1.96 bits per heavy atom. The molecule has 1 heterocycles. The molecule has 7 aromatic rings. The SMILES string of the molecule is N#CCCn1nnnc1[C@H](Cc1ccc(-c2ccccc2)cc1)NC(CCc1cccc2ccccc12)P(=O)(OCc1ccccc1)OCc1ccccc1. The van der Waals surface area contributed by atoms with Crippen LogP contribution in [0.5, 0.6) is 0 Å². The van der Waals surface area contributed by atoms with Gasteiger partial charge in [-0.1, -0.05) is 158 Å². The van der Waals surface area contributed by atoms with Gasteiger partial charge in [-0.05, 0) is 73.8 Å². The van der Waals surface area contributed by atoms with Crippen LogP contribution in [0.15, 0.2) is 158 Å². The molecular weight excluding hydrogens is 704 g/mol. The predicted octanol–water partition coefficient (Wildman–Crippen LogP) is 9.87. The lowest BCUT2D eigenvalue weighted by Gasteiger charge is -2.31. The lowest BCUT2D eigenvalue weighted by atomic mass is 9.99. The van der Waals surface area contributed by atoms with Crippen LogP contribution in [0.3, 0.4) is 0 Å². The van der Waals surface area contributed by atoms with Gasteiger partial charge >= 0.3 is 7.60 Å². The maximum Gasteiger partial charge on any atom is 0.348 e. The maximum atomic E-state index is 15.6. The summed E-state index contributed by atoms with van der Waals surface area (Å²) in [6.45, 7) is 0.521. The minimum Gasteiger partial charge on any atom is -0.303 e. The van der Waals surface area contributed by atoms with Crippen LogP contribution >= 0.6 is 7.60 Å². The van der Waals surface area contributed by atoms with Crippen LogP contribution < -0.4 is 5.32 Å². The standard InChI is InChI=1S/C45H43N6O3P/c46-30-13-31-51-45(48-49-50-51)43(32-35-24-26-39(27-25-35)38-18-8-3-9-19-38)47-44(29-28-41-22-12-21-40-20-10-11-23-42(40)41)55(52,53-33-36-14-4-1-5-15-36)54-34-37-16-6-2-7-17-37/h1-12,14-27,43-44,47H,13,28-29,31-34H2/t43-,44?/m0/s1. The Labute approximate surface area is 322 Å². The van der Waals surface area contributed by atoms with Crippen LogP contribution in [0, 0.1) is 11.3 Å². The third-order valence-corrected chi connectivity index (χ3v) is 11.8. The van der Waals surface area contributed by atoms with Gasteiger partial charge in [0.2, 0.25) is 0 Å². The molecule has 9 nitrogen and oxygen atoms in total. The topological polar surface area (TPSA) is 115 Å². The fourth-order valence-corrected chi connectivity index (χ4v) is 8.66. The van der Waals surface area contributed by atoms with Crippen molar-refractivity contribution in [1.29, 1.82) is 5.26 Å². The first-order valence-corrected chi connectivity index (χ1v) is 20.2. The zero-order valence-corrected chi connectivity index (χ0v) is 31.4. The first-order chi connectivity index (χ1) is 27.1. The summed E-state index contributed by atoms with van der Waals surface area (Å²) in [6, 6.07) is 54.4. The molecule has 0 saturated carbocycles. The molecule has 0 saturated heterocycles. The van der Waals surface area contributed by atoms with Crippen molar-refractivity contribution < 1.29 is 13.6 Å². The molecule has 1 aromatic heterocycles. The van der Waals surface area contributed by atoms with Gasteiger partial charge in [-0.3, -0.25) is 9.88 Å². The van der Waals surface area contributed by atoms with E-state index in [-0.39, 0.29) is 19.6 Å². The number of rotatable bonds is 18. The van der Waals surface area contributed by atoms with E-state index < -0.39 is 19.4 Å². The van der Waals surface area contributed by atoms with E-state index in [1.165, 1.54) is 0 Å². The molecule has 2 atom stereocenters. The summed E-state index contributed by atoms with van der Waals surface area (Å²) in [7, 11) is -3.94. The van der Waals surface area contributed by atoms with Crippen molar-refractivity contribution in [3.05, 3.63) is 186 Å². The molecule has 0 amide bonds. The van der Waals surface area contributed by atoms with Gasteiger partial charge < -0.3 is 9.05 Å². The summed E-state index contributed by atoms with van der Waals surface area (Å²) in [6.07, 6.45) is 1.74. The van der Waals surface area contributed by atoms with Crippen molar-refractivity contribution in [1.82, 2.24) is 25.5 Å². The molecule has 0 spiro atoms. The summed E-state index contributed by atoms with van der Waals surface area (Å²) < 4.78 is 30.2. The zero-order chi connectivity index (χ0) is 37.7. The second-order valence-corrected chi connectivity index (χ2v) is 15.6. The number of benzene rings is 6. The van der Waals surface area contributed by atoms with Crippen LogP contribution in [0.4, 0.5) is 0 Å². The highest BCUT2D eigenvalue weighted by Crippen LogP contribution is 2.55. The lowest BCUT2D eigenvalue weighted by Crippen LogP contribution is -2.37. The smallest absolute Gasteiger partial charge is 0.303 e. The normalized spacial score (nSPS) is 12.6. The van der Waals surface area contributed by atoms with Gasteiger partial charge in [-0.2, -0.15) is 5.26 Å². The Morgan fingerprint density at radius 2 is 1.29 bits per heavy atom. The highest BCUT2D eigenvalue weighted by atomic mass is 31.2. The van der Waals surface area contributed by atoms with E-state index in [0.29, 0.717) is 31.6 Å². The number of tetrazole rings is 1. The third kappa shape index (κ3) is 9.87. The van der Waals surface area contributed by atoms with Gasteiger partial charge in [0.25, 0.3) is 0 Å². The number of nitrogens with one attached hydrogen (secondary N) is 1. The minimum atomic E-state index is -3.94. The van der Waals surface area contributed by atoms with E-state index in [1.807, 2.05) is 91.0 Å². The number of aryl methyl sites for hydroxylation is 2. The van der Waals surface area contributed by atoms with Gasteiger partial charge in [0, 0.05) is 0 Å². The van der Waals surface area contributed by atoms with Crippen LogP contribution in [-0.4, -0.2) is 26.0 Å². The lowest BCUT2D eigenvalue weighted by molar-refractivity contribution is 0.175. The quantitative estimate of drug-likeness (QED) is 0.0864. The van der Waals surface area contributed by atoms with E-state index in [4.69, 9.17) is 9.05 Å². The van der Waals surface area contributed by atoms with Crippen molar-refractivity contribution in [2.75, 3.05) is 0 Å². The monoisotopic (exact) mass is 746 g/mol. The Kier molecular flexibility index (Phi) is 12.7. The van der Waals surface area contributed by atoms with Crippen molar-refractivity contribution in [2.24, 2.45) is 0 Å². The Balaban J connectivity index is 1.26. The summed E-state index contributed by atoms with van der Waals surface area (Å²) >= 11 is 0. The molecule has 55 heavy (non-hydrogen) atoms. The van der Waals surface area contributed by atoms with Crippen molar-refractivity contribution in [2.45, 2.75) is 57.3 Å². The highest BCUT2D eigenvalue weighted by molar-refractivity contribution is 7.54. The van der Waals surface area contributed by atoms with Crippen molar-refractivity contribution in [3.8, 4) is 17.2 Å². The average molecular weight is 747 g/mol.